The van der Waals surface area contributed by atoms with E-state index in [0.717, 1.165) is 15.6 Å². The van der Waals surface area contributed by atoms with E-state index in [0.29, 0.717) is 11.3 Å². The van der Waals surface area contributed by atoms with Gasteiger partial charge in [0.25, 0.3) is 5.91 Å². The standard InChI is InChI=1S/C18H17BrN2O4/c1-11-7-12(2)17(15(19)8-11)25-10-16(22)21-20-9-13-3-5-14(6-4-13)18(23)24/h3-9H,10H2,1-2H3,(H,21,22)(H,23,24). The minimum absolute atomic E-state index is 0.169. The fourth-order valence-corrected chi connectivity index (χ4v) is 2.93. The molecule has 2 aromatic carbocycles. The number of hydrazone groups is 1. The van der Waals surface area contributed by atoms with Gasteiger partial charge in [0.2, 0.25) is 0 Å². The van der Waals surface area contributed by atoms with Crippen LogP contribution in [0.2, 0.25) is 0 Å². The van der Waals surface area contributed by atoms with Crippen LogP contribution in [-0.2, 0) is 4.79 Å². The second kappa shape index (κ2) is 8.43. The molecule has 0 saturated heterocycles. The molecule has 7 heteroatoms. The van der Waals surface area contributed by atoms with Gasteiger partial charge in [0.1, 0.15) is 5.75 Å². The van der Waals surface area contributed by atoms with Gasteiger partial charge in [0, 0.05) is 0 Å². The predicted octanol–water partition coefficient (Wildman–Crippen LogP) is 3.29. The van der Waals surface area contributed by atoms with Crippen molar-refractivity contribution in [2.24, 2.45) is 5.10 Å². The van der Waals surface area contributed by atoms with Gasteiger partial charge in [-0.25, -0.2) is 10.2 Å². The Morgan fingerprint density at radius 1 is 1.24 bits per heavy atom. The second-order valence-electron chi connectivity index (χ2n) is 5.40. The van der Waals surface area contributed by atoms with Gasteiger partial charge < -0.3 is 9.84 Å². The maximum atomic E-state index is 11.8. The highest BCUT2D eigenvalue weighted by atomic mass is 79.9. The monoisotopic (exact) mass is 404 g/mol. The average molecular weight is 405 g/mol. The molecule has 0 aromatic heterocycles. The molecular weight excluding hydrogens is 388 g/mol. The Morgan fingerprint density at radius 2 is 1.92 bits per heavy atom. The lowest BCUT2D eigenvalue weighted by Gasteiger charge is -2.11. The smallest absolute Gasteiger partial charge is 0.335 e. The van der Waals surface area contributed by atoms with Crippen molar-refractivity contribution >= 4 is 34.0 Å². The molecule has 6 nitrogen and oxygen atoms in total. The van der Waals surface area contributed by atoms with Crippen LogP contribution in [0.5, 0.6) is 5.75 Å². The zero-order valence-corrected chi connectivity index (χ0v) is 15.3. The van der Waals surface area contributed by atoms with Crippen molar-refractivity contribution in [2.75, 3.05) is 6.61 Å². The number of hydrogen-bond acceptors (Lipinski definition) is 4. The first-order valence-corrected chi connectivity index (χ1v) is 8.21. The topological polar surface area (TPSA) is 88.0 Å². The number of hydrogen-bond donors (Lipinski definition) is 2. The molecule has 0 aliphatic heterocycles. The molecule has 2 aromatic rings. The van der Waals surface area contributed by atoms with Crippen molar-refractivity contribution in [1.29, 1.82) is 0 Å². The predicted molar refractivity (Wildman–Crippen MR) is 98.2 cm³/mol. The first-order chi connectivity index (χ1) is 11.9. The maximum Gasteiger partial charge on any atom is 0.335 e. The Morgan fingerprint density at radius 3 is 2.52 bits per heavy atom. The average Bonchev–Trinajstić information content (AvgIpc) is 2.54. The van der Waals surface area contributed by atoms with Gasteiger partial charge in [0.15, 0.2) is 6.61 Å². The van der Waals surface area contributed by atoms with Crippen LogP contribution in [0, 0.1) is 13.8 Å². The Labute approximate surface area is 153 Å². The molecular formula is C18H17BrN2O4. The molecule has 0 bridgehead atoms. The largest absolute Gasteiger partial charge is 0.482 e. The summed E-state index contributed by atoms with van der Waals surface area (Å²) < 4.78 is 6.32. The van der Waals surface area contributed by atoms with E-state index in [4.69, 9.17) is 9.84 Å². The number of nitrogens with one attached hydrogen (secondary N) is 1. The third-order valence-corrected chi connectivity index (χ3v) is 3.87. The van der Waals surface area contributed by atoms with Crippen molar-refractivity contribution in [2.45, 2.75) is 13.8 Å². The summed E-state index contributed by atoms with van der Waals surface area (Å²) in [4.78, 5) is 22.6. The molecule has 0 fully saturated rings. The van der Waals surface area contributed by atoms with Crippen LogP contribution in [0.15, 0.2) is 46.0 Å². The molecule has 0 aliphatic carbocycles. The Kier molecular flexibility index (Phi) is 6.30. The highest BCUT2D eigenvalue weighted by Gasteiger charge is 2.09. The zero-order valence-electron chi connectivity index (χ0n) is 13.7. The summed E-state index contributed by atoms with van der Waals surface area (Å²) in [5.41, 5.74) is 5.25. The van der Waals surface area contributed by atoms with Gasteiger partial charge in [-0.15, -0.1) is 0 Å². The van der Waals surface area contributed by atoms with Gasteiger partial charge in [-0.2, -0.15) is 5.10 Å². The molecule has 2 N–H and O–H groups in total. The van der Waals surface area contributed by atoms with Gasteiger partial charge >= 0.3 is 5.97 Å². The number of halogens is 1. The quantitative estimate of drug-likeness (QED) is 0.570. The Bertz CT molecular complexity index is 793. The Hall–Kier alpha value is -2.67. The molecule has 0 unspecified atom stereocenters. The first-order valence-electron chi connectivity index (χ1n) is 7.41. The molecule has 0 atom stereocenters. The van der Waals surface area contributed by atoms with Crippen molar-refractivity contribution < 1.29 is 19.4 Å². The summed E-state index contributed by atoms with van der Waals surface area (Å²) in [5, 5.41) is 12.6. The highest BCUT2D eigenvalue weighted by molar-refractivity contribution is 9.10. The fourth-order valence-electron chi connectivity index (χ4n) is 2.15. The SMILES string of the molecule is Cc1cc(C)c(OCC(=O)NN=Cc2ccc(C(=O)O)cc2)c(Br)c1. The van der Waals surface area contributed by atoms with Crippen molar-refractivity contribution in [1.82, 2.24) is 5.43 Å². The van der Waals surface area contributed by atoms with Crippen LogP contribution in [0.25, 0.3) is 0 Å². The summed E-state index contributed by atoms with van der Waals surface area (Å²) in [6.45, 7) is 3.72. The van der Waals surface area contributed by atoms with E-state index < -0.39 is 11.9 Å². The molecule has 2 rings (SSSR count). The number of aromatic carboxylic acids is 1. The number of benzene rings is 2. The van der Waals surface area contributed by atoms with Crippen LogP contribution < -0.4 is 10.2 Å². The lowest BCUT2D eigenvalue weighted by molar-refractivity contribution is -0.123. The number of carboxylic acid groups (broad SMARTS) is 1. The first kappa shape index (κ1) is 18.7. The molecule has 0 heterocycles. The summed E-state index contributed by atoms with van der Waals surface area (Å²) in [5.74, 6) is -0.772. The van der Waals surface area contributed by atoms with Crippen LogP contribution >= 0.6 is 15.9 Å². The van der Waals surface area contributed by atoms with E-state index >= 15 is 0 Å². The maximum absolute atomic E-state index is 11.8. The van der Waals surface area contributed by atoms with Crippen LogP contribution in [-0.4, -0.2) is 29.8 Å². The number of carbonyl (C=O) groups is 2. The van der Waals surface area contributed by atoms with Crippen LogP contribution in [0.1, 0.15) is 27.0 Å². The van der Waals surface area contributed by atoms with E-state index in [1.54, 1.807) is 12.1 Å². The van der Waals surface area contributed by atoms with E-state index in [-0.39, 0.29) is 12.2 Å². The molecule has 0 radical (unpaired) electrons. The number of nitrogens with zero attached hydrogens (tertiary/aromatic N) is 1. The van der Waals surface area contributed by atoms with Gasteiger partial charge in [-0.05, 0) is 64.7 Å². The van der Waals surface area contributed by atoms with Crippen molar-refractivity contribution in [3.63, 3.8) is 0 Å². The number of carbonyl (C=O) groups excluding carboxylic acids is 1. The Balaban J connectivity index is 1.87. The molecule has 0 aliphatic rings. The van der Waals surface area contributed by atoms with Gasteiger partial charge in [-0.1, -0.05) is 18.2 Å². The summed E-state index contributed by atoms with van der Waals surface area (Å²) in [6.07, 6.45) is 1.43. The van der Waals surface area contributed by atoms with E-state index in [9.17, 15) is 9.59 Å². The number of amides is 1. The minimum Gasteiger partial charge on any atom is -0.482 e. The van der Waals surface area contributed by atoms with Crippen molar-refractivity contribution in [3.05, 3.63) is 63.1 Å². The van der Waals surface area contributed by atoms with Crippen LogP contribution in [0.4, 0.5) is 0 Å². The summed E-state index contributed by atoms with van der Waals surface area (Å²) in [7, 11) is 0. The summed E-state index contributed by atoms with van der Waals surface area (Å²) in [6, 6.07) is 10.0. The van der Waals surface area contributed by atoms with Gasteiger partial charge in [-0.3, -0.25) is 4.79 Å². The molecule has 25 heavy (non-hydrogen) atoms. The van der Waals surface area contributed by atoms with E-state index in [2.05, 4.69) is 26.5 Å². The normalized spacial score (nSPS) is 10.7. The number of ether oxygens (including phenoxy) is 1. The zero-order chi connectivity index (χ0) is 18.4. The molecule has 0 saturated carbocycles. The number of aryl methyl sites for hydroxylation is 2. The lowest BCUT2D eigenvalue weighted by Crippen LogP contribution is -2.24. The van der Waals surface area contributed by atoms with E-state index in [1.807, 2.05) is 26.0 Å². The third kappa shape index (κ3) is 5.42. The van der Waals surface area contributed by atoms with Crippen molar-refractivity contribution in [3.8, 4) is 5.75 Å². The second-order valence-corrected chi connectivity index (χ2v) is 6.26. The van der Waals surface area contributed by atoms with Crippen LogP contribution in [0.3, 0.4) is 0 Å². The molecule has 130 valence electrons. The van der Waals surface area contributed by atoms with E-state index in [1.165, 1.54) is 18.3 Å². The molecule has 0 spiro atoms. The molecule has 1 amide bonds. The van der Waals surface area contributed by atoms with Gasteiger partial charge in [0.05, 0.1) is 16.3 Å². The lowest BCUT2D eigenvalue weighted by atomic mass is 10.1. The highest BCUT2D eigenvalue weighted by Crippen LogP contribution is 2.30. The summed E-state index contributed by atoms with van der Waals surface area (Å²) >= 11 is 3.42. The number of rotatable bonds is 6. The fraction of sp³-hybridized carbons (Fsp3) is 0.167. The number of carboxylic acids is 1. The minimum atomic E-state index is -0.994. The third-order valence-electron chi connectivity index (χ3n) is 3.28.